The Labute approximate surface area is 97.2 Å². The Morgan fingerprint density at radius 3 is 3.06 bits per heavy atom. The Kier molecular flexibility index (Phi) is 3.61. The average molecular weight is 223 g/mol. The third-order valence-corrected chi connectivity index (χ3v) is 3.38. The van der Waals surface area contributed by atoms with Crippen LogP contribution in [0, 0.1) is 0 Å². The maximum atomic E-state index is 5.78. The Morgan fingerprint density at radius 2 is 2.44 bits per heavy atom. The van der Waals surface area contributed by atoms with E-state index in [1.54, 1.807) is 0 Å². The van der Waals surface area contributed by atoms with Gasteiger partial charge < -0.3 is 4.74 Å². The summed E-state index contributed by atoms with van der Waals surface area (Å²) in [5.41, 5.74) is 1.05. The molecule has 1 aromatic heterocycles. The molecule has 1 aliphatic heterocycles. The van der Waals surface area contributed by atoms with E-state index in [-0.39, 0.29) is 6.10 Å². The van der Waals surface area contributed by atoms with Gasteiger partial charge in [-0.15, -0.1) is 0 Å². The van der Waals surface area contributed by atoms with Crippen molar-refractivity contribution in [2.24, 2.45) is 7.05 Å². The van der Waals surface area contributed by atoms with Gasteiger partial charge in [-0.2, -0.15) is 5.10 Å². The van der Waals surface area contributed by atoms with E-state index in [1.165, 1.54) is 6.42 Å². The lowest BCUT2D eigenvalue weighted by atomic mass is 10.1. The summed E-state index contributed by atoms with van der Waals surface area (Å²) in [6.07, 6.45) is 3.31. The zero-order valence-electron chi connectivity index (χ0n) is 10.4. The van der Waals surface area contributed by atoms with E-state index in [2.05, 4.69) is 23.8 Å². The van der Waals surface area contributed by atoms with Crippen molar-refractivity contribution in [3.05, 3.63) is 18.0 Å². The first kappa shape index (κ1) is 11.6. The summed E-state index contributed by atoms with van der Waals surface area (Å²) in [5.74, 6) is 0. The van der Waals surface area contributed by atoms with Crippen LogP contribution in [-0.4, -0.2) is 40.4 Å². The van der Waals surface area contributed by atoms with Gasteiger partial charge in [-0.1, -0.05) is 6.92 Å². The fraction of sp³-hybridized carbons (Fsp3) is 0.750. The highest BCUT2D eigenvalue weighted by atomic mass is 16.5. The number of ether oxygens (including phenoxy) is 1. The van der Waals surface area contributed by atoms with Gasteiger partial charge in [0, 0.05) is 32.4 Å². The van der Waals surface area contributed by atoms with Crippen LogP contribution in [0.15, 0.2) is 12.3 Å². The summed E-state index contributed by atoms with van der Waals surface area (Å²) in [4.78, 5) is 2.49. The van der Waals surface area contributed by atoms with Crippen LogP contribution in [-0.2, 0) is 11.8 Å². The molecule has 90 valence electrons. The second kappa shape index (κ2) is 4.97. The number of aromatic nitrogens is 2. The summed E-state index contributed by atoms with van der Waals surface area (Å²) >= 11 is 0. The molecule has 0 saturated carbocycles. The van der Waals surface area contributed by atoms with Crippen molar-refractivity contribution in [1.29, 1.82) is 0 Å². The minimum atomic E-state index is 0.143. The average Bonchev–Trinajstić information content (AvgIpc) is 2.75. The summed E-state index contributed by atoms with van der Waals surface area (Å²) in [6, 6.07) is 2.68. The Bertz CT molecular complexity index is 337. The standard InChI is InChI=1S/C12H21N3O/c1-4-10(2)15-7-8-16-12(9-15)11-5-6-14(3)13-11/h5-6,10,12H,4,7-9H2,1-3H3/t10?,12-/m0/s1. The van der Waals surface area contributed by atoms with E-state index in [1.807, 2.05) is 24.0 Å². The van der Waals surface area contributed by atoms with Crippen molar-refractivity contribution >= 4 is 0 Å². The van der Waals surface area contributed by atoms with E-state index in [0.29, 0.717) is 6.04 Å². The predicted molar refractivity (Wildman–Crippen MR) is 63.2 cm³/mol. The van der Waals surface area contributed by atoms with Gasteiger partial charge in [0.15, 0.2) is 0 Å². The van der Waals surface area contributed by atoms with Gasteiger partial charge in [0.1, 0.15) is 6.10 Å². The van der Waals surface area contributed by atoms with Crippen LogP contribution in [0.4, 0.5) is 0 Å². The number of hydrogen-bond acceptors (Lipinski definition) is 3. The fourth-order valence-corrected chi connectivity index (χ4v) is 2.11. The van der Waals surface area contributed by atoms with E-state index in [4.69, 9.17) is 4.74 Å². The molecule has 0 bridgehead atoms. The monoisotopic (exact) mass is 223 g/mol. The maximum Gasteiger partial charge on any atom is 0.114 e. The van der Waals surface area contributed by atoms with E-state index >= 15 is 0 Å². The molecule has 4 nitrogen and oxygen atoms in total. The van der Waals surface area contributed by atoms with Gasteiger partial charge in [0.25, 0.3) is 0 Å². The Morgan fingerprint density at radius 1 is 1.62 bits per heavy atom. The minimum absolute atomic E-state index is 0.143. The summed E-state index contributed by atoms with van der Waals surface area (Å²) in [7, 11) is 1.94. The Balaban J connectivity index is 2.01. The molecule has 0 amide bonds. The quantitative estimate of drug-likeness (QED) is 0.779. The molecule has 0 aromatic carbocycles. The number of hydrogen-bond donors (Lipinski definition) is 0. The Hall–Kier alpha value is -0.870. The highest BCUT2D eigenvalue weighted by molar-refractivity contribution is 5.05. The number of morpholine rings is 1. The predicted octanol–water partition coefficient (Wildman–Crippen LogP) is 1.59. The van der Waals surface area contributed by atoms with Gasteiger partial charge >= 0.3 is 0 Å². The highest BCUT2D eigenvalue weighted by Gasteiger charge is 2.25. The third-order valence-electron chi connectivity index (χ3n) is 3.38. The highest BCUT2D eigenvalue weighted by Crippen LogP contribution is 2.22. The summed E-state index contributed by atoms with van der Waals surface area (Å²) < 4.78 is 7.62. The maximum absolute atomic E-state index is 5.78. The number of rotatable bonds is 3. The second-order valence-electron chi connectivity index (χ2n) is 4.53. The van der Waals surface area contributed by atoms with Crippen molar-refractivity contribution in [3.63, 3.8) is 0 Å². The molecular weight excluding hydrogens is 202 g/mol. The minimum Gasteiger partial charge on any atom is -0.369 e. The van der Waals surface area contributed by atoms with E-state index < -0.39 is 0 Å². The molecule has 2 atom stereocenters. The zero-order valence-corrected chi connectivity index (χ0v) is 10.4. The molecule has 2 heterocycles. The van der Waals surface area contributed by atoms with Crippen LogP contribution < -0.4 is 0 Å². The van der Waals surface area contributed by atoms with Crippen molar-refractivity contribution in [2.45, 2.75) is 32.4 Å². The number of aryl methyl sites for hydroxylation is 1. The zero-order chi connectivity index (χ0) is 11.5. The first-order valence-corrected chi connectivity index (χ1v) is 6.06. The van der Waals surface area contributed by atoms with E-state index in [9.17, 15) is 0 Å². The first-order valence-electron chi connectivity index (χ1n) is 6.06. The lowest BCUT2D eigenvalue weighted by molar-refractivity contribution is -0.0450. The van der Waals surface area contributed by atoms with Crippen LogP contribution in [0.3, 0.4) is 0 Å². The van der Waals surface area contributed by atoms with Crippen LogP contribution in [0.25, 0.3) is 0 Å². The molecule has 1 fully saturated rings. The van der Waals surface area contributed by atoms with Crippen LogP contribution in [0.5, 0.6) is 0 Å². The molecule has 4 heteroatoms. The van der Waals surface area contributed by atoms with Crippen molar-refractivity contribution in [2.75, 3.05) is 19.7 Å². The van der Waals surface area contributed by atoms with Crippen LogP contribution in [0.2, 0.25) is 0 Å². The normalized spacial score (nSPS) is 24.6. The fourth-order valence-electron chi connectivity index (χ4n) is 2.11. The molecule has 2 rings (SSSR count). The van der Waals surface area contributed by atoms with Gasteiger partial charge in [-0.25, -0.2) is 0 Å². The van der Waals surface area contributed by atoms with Gasteiger partial charge in [-0.05, 0) is 19.4 Å². The molecule has 1 saturated heterocycles. The topological polar surface area (TPSA) is 30.3 Å². The van der Waals surface area contributed by atoms with Crippen LogP contribution >= 0.6 is 0 Å². The lowest BCUT2D eigenvalue weighted by Crippen LogP contribution is -2.43. The first-order chi connectivity index (χ1) is 7.70. The molecule has 0 N–H and O–H groups in total. The molecule has 1 aliphatic rings. The van der Waals surface area contributed by atoms with Crippen molar-refractivity contribution in [1.82, 2.24) is 14.7 Å². The number of nitrogens with zero attached hydrogens (tertiary/aromatic N) is 3. The van der Waals surface area contributed by atoms with Gasteiger partial charge in [-0.3, -0.25) is 9.58 Å². The van der Waals surface area contributed by atoms with Gasteiger partial charge in [0.05, 0.1) is 12.3 Å². The summed E-state index contributed by atoms with van der Waals surface area (Å²) in [5, 5.41) is 4.42. The van der Waals surface area contributed by atoms with Crippen molar-refractivity contribution in [3.8, 4) is 0 Å². The molecule has 0 radical (unpaired) electrons. The second-order valence-corrected chi connectivity index (χ2v) is 4.53. The molecule has 1 aromatic rings. The molecule has 16 heavy (non-hydrogen) atoms. The van der Waals surface area contributed by atoms with Crippen LogP contribution in [0.1, 0.15) is 32.1 Å². The molecule has 1 unspecified atom stereocenters. The largest absolute Gasteiger partial charge is 0.369 e. The lowest BCUT2D eigenvalue weighted by Gasteiger charge is -2.35. The van der Waals surface area contributed by atoms with Crippen molar-refractivity contribution < 1.29 is 4.74 Å². The third kappa shape index (κ3) is 2.44. The SMILES string of the molecule is CCC(C)N1CCO[C@H](c2ccn(C)n2)C1. The smallest absolute Gasteiger partial charge is 0.114 e. The van der Waals surface area contributed by atoms with Gasteiger partial charge in [0.2, 0.25) is 0 Å². The van der Waals surface area contributed by atoms with E-state index in [0.717, 1.165) is 25.4 Å². The molecule has 0 aliphatic carbocycles. The summed E-state index contributed by atoms with van der Waals surface area (Å²) in [6.45, 7) is 7.33. The molecular formula is C12H21N3O. The molecule has 0 spiro atoms.